The molecule has 0 aliphatic heterocycles. The molecule has 0 spiro atoms. The maximum atomic E-state index is 13.5. The van der Waals surface area contributed by atoms with Crippen molar-refractivity contribution in [3.8, 4) is 11.3 Å². The molecule has 2 rings (SSSR count). The summed E-state index contributed by atoms with van der Waals surface area (Å²) in [5, 5.41) is 4.06. The first kappa shape index (κ1) is 12.7. The molecule has 18 heavy (non-hydrogen) atoms. The molecule has 0 amide bonds. The van der Waals surface area contributed by atoms with Crippen molar-refractivity contribution in [1.82, 2.24) is 9.78 Å². The average Bonchev–Trinajstić information content (AvgIpc) is 2.77. The van der Waals surface area contributed by atoms with Gasteiger partial charge in [-0.05, 0) is 25.5 Å². The Balaban J connectivity index is 2.54. The van der Waals surface area contributed by atoms with Crippen LogP contribution in [0.15, 0.2) is 24.4 Å². The van der Waals surface area contributed by atoms with Crippen LogP contribution in [0.2, 0.25) is 0 Å². The molecule has 2 nitrogen and oxygen atoms in total. The lowest BCUT2D eigenvalue weighted by Gasteiger charge is -2.03. The summed E-state index contributed by atoms with van der Waals surface area (Å²) in [7, 11) is 0. The highest BCUT2D eigenvalue weighted by atomic mass is 19.3. The molecular formula is C13H13F3N2. The Morgan fingerprint density at radius 1 is 1.33 bits per heavy atom. The molecular weight excluding hydrogens is 241 g/mol. The van der Waals surface area contributed by atoms with E-state index in [1.165, 1.54) is 16.9 Å². The first-order valence-corrected chi connectivity index (χ1v) is 5.65. The van der Waals surface area contributed by atoms with Crippen LogP contribution in [0.1, 0.15) is 24.5 Å². The average molecular weight is 254 g/mol. The van der Waals surface area contributed by atoms with Gasteiger partial charge in [0.25, 0.3) is 6.43 Å². The van der Waals surface area contributed by atoms with Crippen LogP contribution in [0.3, 0.4) is 0 Å². The Labute approximate surface area is 103 Å². The topological polar surface area (TPSA) is 17.8 Å². The lowest BCUT2D eigenvalue weighted by molar-refractivity contribution is 0.152. The normalized spacial score (nSPS) is 11.2. The molecule has 0 fully saturated rings. The van der Waals surface area contributed by atoms with E-state index in [2.05, 4.69) is 5.10 Å². The predicted molar refractivity (Wildman–Crippen MR) is 63.0 cm³/mol. The molecule has 2 aromatic rings. The maximum Gasteiger partial charge on any atom is 0.267 e. The summed E-state index contributed by atoms with van der Waals surface area (Å²) in [6, 6.07) is 4.40. The van der Waals surface area contributed by atoms with Crippen LogP contribution >= 0.6 is 0 Å². The fraction of sp³-hybridized carbons (Fsp3) is 0.308. The van der Waals surface area contributed by atoms with Crippen LogP contribution in [0.4, 0.5) is 13.2 Å². The molecule has 1 aromatic heterocycles. The smallest absolute Gasteiger partial charge is 0.267 e. The van der Waals surface area contributed by atoms with Crippen LogP contribution in [0, 0.1) is 12.7 Å². The quantitative estimate of drug-likeness (QED) is 0.810. The second-order valence-corrected chi connectivity index (χ2v) is 4.05. The number of aromatic nitrogens is 2. The van der Waals surface area contributed by atoms with Crippen LogP contribution in [-0.2, 0) is 6.54 Å². The summed E-state index contributed by atoms with van der Waals surface area (Å²) < 4.78 is 40.7. The third-order valence-electron chi connectivity index (χ3n) is 2.79. The van der Waals surface area contributed by atoms with E-state index in [4.69, 9.17) is 0 Å². The van der Waals surface area contributed by atoms with Crippen molar-refractivity contribution in [3.05, 3.63) is 41.3 Å². The molecule has 5 heteroatoms. The molecule has 0 unspecified atom stereocenters. The van der Waals surface area contributed by atoms with E-state index >= 15 is 0 Å². The van der Waals surface area contributed by atoms with Crippen molar-refractivity contribution in [3.63, 3.8) is 0 Å². The molecule has 0 radical (unpaired) electrons. The van der Waals surface area contributed by atoms with Crippen molar-refractivity contribution < 1.29 is 13.2 Å². The molecule has 0 N–H and O–H groups in total. The minimum atomic E-state index is -2.62. The molecule has 1 heterocycles. The minimum Gasteiger partial charge on any atom is -0.272 e. The fourth-order valence-corrected chi connectivity index (χ4v) is 1.72. The van der Waals surface area contributed by atoms with Gasteiger partial charge < -0.3 is 0 Å². The third kappa shape index (κ3) is 2.25. The lowest BCUT2D eigenvalue weighted by Crippen LogP contribution is -1.94. The van der Waals surface area contributed by atoms with Gasteiger partial charge >= 0.3 is 0 Å². The van der Waals surface area contributed by atoms with Crippen molar-refractivity contribution >= 4 is 0 Å². The molecule has 0 saturated carbocycles. The zero-order chi connectivity index (χ0) is 13.3. The van der Waals surface area contributed by atoms with E-state index in [9.17, 15) is 13.2 Å². The molecule has 0 aliphatic carbocycles. The zero-order valence-corrected chi connectivity index (χ0v) is 10.1. The predicted octanol–water partition coefficient (Wildman–Crippen LogP) is 3.96. The molecule has 0 aliphatic rings. The number of rotatable bonds is 3. The van der Waals surface area contributed by atoms with Gasteiger partial charge in [0, 0.05) is 18.3 Å². The third-order valence-corrected chi connectivity index (χ3v) is 2.79. The molecule has 0 saturated heterocycles. The Morgan fingerprint density at radius 2 is 2.06 bits per heavy atom. The van der Waals surface area contributed by atoms with E-state index < -0.39 is 12.2 Å². The van der Waals surface area contributed by atoms with Gasteiger partial charge in [-0.25, -0.2) is 13.2 Å². The van der Waals surface area contributed by atoms with Gasteiger partial charge in [-0.15, -0.1) is 0 Å². The summed E-state index contributed by atoms with van der Waals surface area (Å²) in [6.07, 6.45) is -1.32. The summed E-state index contributed by atoms with van der Waals surface area (Å²) in [5.74, 6) is -0.418. The lowest BCUT2D eigenvalue weighted by atomic mass is 10.1. The van der Waals surface area contributed by atoms with Crippen LogP contribution in [0.25, 0.3) is 11.3 Å². The Bertz CT molecular complexity index is 561. The Morgan fingerprint density at radius 3 is 2.61 bits per heavy atom. The fourth-order valence-electron chi connectivity index (χ4n) is 1.72. The number of aryl methyl sites for hydroxylation is 2. The number of nitrogens with zero attached hydrogens (tertiary/aromatic N) is 2. The van der Waals surface area contributed by atoms with Gasteiger partial charge in [0.05, 0.1) is 5.56 Å². The van der Waals surface area contributed by atoms with Crippen molar-refractivity contribution in [2.24, 2.45) is 0 Å². The van der Waals surface area contributed by atoms with E-state index in [1.54, 1.807) is 19.1 Å². The van der Waals surface area contributed by atoms with Crippen LogP contribution in [-0.4, -0.2) is 9.78 Å². The van der Waals surface area contributed by atoms with Gasteiger partial charge in [-0.1, -0.05) is 12.1 Å². The van der Waals surface area contributed by atoms with Gasteiger partial charge in [-0.3, -0.25) is 4.68 Å². The van der Waals surface area contributed by atoms with Crippen LogP contribution < -0.4 is 0 Å². The Kier molecular flexibility index (Phi) is 3.41. The highest BCUT2D eigenvalue weighted by Crippen LogP contribution is 2.30. The van der Waals surface area contributed by atoms with Crippen molar-refractivity contribution in [1.29, 1.82) is 0 Å². The van der Waals surface area contributed by atoms with Gasteiger partial charge in [0.2, 0.25) is 0 Å². The number of halogens is 3. The van der Waals surface area contributed by atoms with Gasteiger partial charge in [0.1, 0.15) is 11.5 Å². The molecule has 96 valence electrons. The molecule has 0 bridgehead atoms. The highest BCUT2D eigenvalue weighted by Gasteiger charge is 2.19. The second kappa shape index (κ2) is 4.84. The van der Waals surface area contributed by atoms with Crippen LogP contribution in [0.5, 0.6) is 0 Å². The first-order valence-electron chi connectivity index (χ1n) is 5.65. The van der Waals surface area contributed by atoms with E-state index in [-0.39, 0.29) is 11.3 Å². The summed E-state index contributed by atoms with van der Waals surface area (Å²) in [4.78, 5) is 0. The molecule has 0 atom stereocenters. The van der Waals surface area contributed by atoms with E-state index in [0.717, 1.165) is 0 Å². The summed E-state index contributed by atoms with van der Waals surface area (Å²) in [5.41, 5.74) is 0.832. The van der Waals surface area contributed by atoms with E-state index in [1.807, 2.05) is 6.92 Å². The van der Waals surface area contributed by atoms with Crippen molar-refractivity contribution in [2.45, 2.75) is 26.8 Å². The maximum absolute atomic E-state index is 13.5. The minimum absolute atomic E-state index is 0.144. The number of alkyl halides is 2. The second-order valence-electron chi connectivity index (χ2n) is 4.05. The highest BCUT2D eigenvalue weighted by molar-refractivity contribution is 5.63. The number of hydrogen-bond acceptors (Lipinski definition) is 1. The van der Waals surface area contributed by atoms with Gasteiger partial charge in [-0.2, -0.15) is 5.10 Å². The zero-order valence-electron chi connectivity index (χ0n) is 10.1. The van der Waals surface area contributed by atoms with Gasteiger partial charge in [0.15, 0.2) is 0 Å². The van der Waals surface area contributed by atoms with E-state index in [0.29, 0.717) is 17.7 Å². The number of hydrogen-bond donors (Lipinski definition) is 0. The summed E-state index contributed by atoms with van der Waals surface area (Å²) in [6.45, 7) is 3.92. The van der Waals surface area contributed by atoms with Crippen molar-refractivity contribution in [2.75, 3.05) is 0 Å². The monoisotopic (exact) mass is 254 g/mol. The number of benzene rings is 1. The summed E-state index contributed by atoms with van der Waals surface area (Å²) >= 11 is 0. The molecule has 1 aromatic carbocycles. The first-order chi connectivity index (χ1) is 8.52. The Hall–Kier alpha value is -1.78. The largest absolute Gasteiger partial charge is 0.272 e. The SMILES string of the molecule is CCn1cc(C(F)F)c(-c2ccc(C)c(F)c2)n1. The standard InChI is InChI=1S/C13H13F3N2/c1-3-18-7-10(13(15)16)12(17-18)9-5-4-8(2)11(14)6-9/h4-7,13H,3H2,1-2H3.